The van der Waals surface area contributed by atoms with Crippen LogP contribution in [0, 0.1) is 0 Å². The number of rotatable bonds is 5. The van der Waals surface area contributed by atoms with Crippen LogP contribution in [0.4, 0.5) is 0 Å². The predicted molar refractivity (Wildman–Crippen MR) is 59.4 cm³/mol. The average molecular weight is 214 g/mol. The van der Waals surface area contributed by atoms with Crippen molar-refractivity contribution >= 4 is 11.3 Å². The molecule has 1 N–H and O–H groups in total. The fourth-order valence-electron chi connectivity index (χ4n) is 1.35. The molecule has 4 heteroatoms. The number of nitrogens with zero attached hydrogens (tertiary/aromatic N) is 2. The lowest BCUT2D eigenvalue weighted by Gasteiger charge is -2.35. The highest BCUT2D eigenvalue weighted by Crippen LogP contribution is 2.17. The number of thiazole rings is 1. The molecule has 1 aromatic heterocycles. The maximum atomic E-state index is 9.27. The summed E-state index contributed by atoms with van der Waals surface area (Å²) in [6.07, 6.45) is 1.82. The third-order valence-electron chi connectivity index (χ3n) is 2.43. The number of likely N-dealkylation sites (N-methyl/N-ethyl adjacent to an activating group) is 1. The summed E-state index contributed by atoms with van der Waals surface area (Å²) in [6, 6.07) is 0. The van der Waals surface area contributed by atoms with Crippen LogP contribution in [0.15, 0.2) is 11.6 Å². The van der Waals surface area contributed by atoms with Crippen LogP contribution in [0.3, 0.4) is 0 Å². The van der Waals surface area contributed by atoms with E-state index >= 15 is 0 Å². The number of aromatic nitrogens is 1. The molecule has 0 aliphatic rings. The van der Waals surface area contributed by atoms with Crippen molar-refractivity contribution in [2.24, 2.45) is 0 Å². The van der Waals surface area contributed by atoms with Crippen molar-refractivity contribution in [2.45, 2.75) is 32.9 Å². The molecule has 0 bridgehead atoms. The Kier molecular flexibility index (Phi) is 4.04. The van der Waals surface area contributed by atoms with Gasteiger partial charge in [0.25, 0.3) is 0 Å². The number of aliphatic hydroxyl groups excluding tert-OH is 1. The molecule has 0 amide bonds. The first-order valence-corrected chi connectivity index (χ1v) is 5.72. The molecule has 0 saturated carbocycles. The Labute approximate surface area is 89.4 Å². The van der Waals surface area contributed by atoms with E-state index in [1.165, 1.54) is 0 Å². The second-order valence-corrected chi connectivity index (χ2v) is 4.89. The SMILES string of the molecule is CCN(Cc1nccs1)C(C)(C)CO. The smallest absolute Gasteiger partial charge is 0.107 e. The Morgan fingerprint density at radius 3 is 2.71 bits per heavy atom. The number of hydrogen-bond acceptors (Lipinski definition) is 4. The summed E-state index contributed by atoms with van der Waals surface area (Å²) < 4.78 is 0. The van der Waals surface area contributed by atoms with Crippen molar-refractivity contribution in [2.75, 3.05) is 13.2 Å². The van der Waals surface area contributed by atoms with Crippen LogP contribution in [0.2, 0.25) is 0 Å². The zero-order valence-electron chi connectivity index (χ0n) is 9.03. The first-order chi connectivity index (χ1) is 6.60. The van der Waals surface area contributed by atoms with E-state index in [2.05, 4.69) is 16.8 Å². The third kappa shape index (κ3) is 2.77. The summed E-state index contributed by atoms with van der Waals surface area (Å²) in [5, 5.41) is 12.4. The molecule has 0 spiro atoms. The lowest BCUT2D eigenvalue weighted by atomic mass is 10.0. The molecule has 1 rings (SSSR count). The first kappa shape index (κ1) is 11.6. The van der Waals surface area contributed by atoms with Crippen LogP contribution >= 0.6 is 11.3 Å². The fraction of sp³-hybridized carbons (Fsp3) is 0.700. The van der Waals surface area contributed by atoms with E-state index in [1.807, 2.05) is 25.4 Å². The molecular formula is C10H18N2OS. The van der Waals surface area contributed by atoms with Gasteiger partial charge in [-0.25, -0.2) is 4.98 Å². The van der Waals surface area contributed by atoms with E-state index in [0.717, 1.165) is 18.1 Å². The van der Waals surface area contributed by atoms with Gasteiger partial charge < -0.3 is 5.11 Å². The van der Waals surface area contributed by atoms with Gasteiger partial charge in [0, 0.05) is 17.1 Å². The highest BCUT2D eigenvalue weighted by atomic mass is 32.1. The van der Waals surface area contributed by atoms with Crippen molar-refractivity contribution in [3.05, 3.63) is 16.6 Å². The van der Waals surface area contributed by atoms with Gasteiger partial charge in [0.15, 0.2) is 0 Å². The van der Waals surface area contributed by atoms with Crippen molar-refractivity contribution in [1.29, 1.82) is 0 Å². The van der Waals surface area contributed by atoms with E-state index in [9.17, 15) is 5.11 Å². The second-order valence-electron chi connectivity index (χ2n) is 3.91. The van der Waals surface area contributed by atoms with Crippen molar-refractivity contribution in [3.8, 4) is 0 Å². The predicted octanol–water partition coefficient (Wildman–Crippen LogP) is 1.74. The van der Waals surface area contributed by atoms with Crippen LogP contribution in [0.1, 0.15) is 25.8 Å². The Morgan fingerprint density at radius 1 is 1.57 bits per heavy atom. The van der Waals surface area contributed by atoms with Gasteiger partial charge in [0.2, 0.25) is 0 Å². The van der Waals surface area contributed by atoms with Crippen molar-refractivity contribution in [1.82, 2.24) is 9.88 Å². The minimum atomic E-state index is -0.166. The Hall–Kier alpha value is -0.450. The molecule has 0 unspecified atom stereocenters. The van der Waals surface area contributed by atoms with Gasteiger partial charge in [-0.2, -0.15) is 0 Å². The molecular weight excluding hydrogens is 196 g/mol. The van der Waals surface area contributed by atoms with Crippen molar-refractivity contribution < 1.29 is 5.11 Å². The first-order valence-electron chi connectivity index (χ1n) is 4.84. The molecule has 1 heterocycles. The molecule has 3 nitrogen and oxygen atoms in total. The average Bonchev–Trinajstić information content (AvgIpc) is 2.66. The van der Waals surface area contributed by atoms with Gasteiger partial charge in [-0.15, -0.1) is 11.3 Å². The fourth-order valence-corrected chi connectivity index (χ4v) is 1.98. The van der Waals surface area contributed by atoms with Crippen LogP contribution < -0.4 is 0 Å². The normalized spacial score (nSPS) is 12.4. The highest BCUT2D eigenvalue weighted by Gasteiger charge is 2.24. The Bertz CT molecular complexity index is 259. The standard InChI is InChI=1S/C10H18N2OS/c1-4-12(10(2,3)8-13)7-9-11-5-6-14-9/h5-6,13H,4,7-8H2,1-3H3. The Balaban J connectivity index is 2.64. The molecule has 0 atom stereocenters. The van der Waals surface area contributed by atoms with E-state index in [-0.39, 0.29) is 12.1 Å². The summed E-state index contributed by atoms with van der Waals surface area (Å²) >= 11 is 1.66. The van der Waals surface area contributed by atoms with Crippen molar-refractivity contribution in [3.63, 3.8) is 0 Å². The van der Waals surface area contributed by atoms with Crippen LogP contribution in [-0.2, 0) is 6.54 Å². The molecule has 14 heavy (non-hydrogen) atoms. The molecule has 1 aromatic rings. The summed E-state index contributed by atoms with van der Waals surface area (Å²) in [6.45, 7) is 8.11. The monoisotopic (exact) mass is 214 g/mol. The lowest BCUT2D eigenvalue weighted by Crippen LogP contribution is -2.46. The van der Waals surface area contributed by atoms with Gasteiger partial charge in [0.05, 0.1) is 13.2 Å². The molecule has 80 valence electrons. The third-order valence-corrected chi connectivity index (χ3v) is 3.20. The van der Waals surface area contributed by atoms with E-state index < -0.39 is 0 Å². The van der Waals surface area contributed by atoms with Crippen LogP contribution in [0.25, 0.3) is 0 Å². The maximum Gasteiger partial charge on any atom is 0.107 e. The zero-order valence-corrected chi connectivity index (χ0v) is 9.84. The van der Waals surface area contributed by atoms with Gasteiger partial charge in [-0.05, 0) is 20.4 Å². The molecule has 0 aliphatic heterocycles. The summed E-state index contributed by atoms with van der Waals surface area (Å²) in [5.41, 5.74) is -0.166. The molecule has 0 fully saturated rings. The maximum absolute atomic E-state index is 9.27. The van der Waals surface area contributed by atoms with E-state index in [0.29, 0.717) is 0 Å². The second kappa shape index (κ2) is 4.87. The minimum Gasteiger partial charge on any atom is -0.394 e. The minimum absolute atomic E-state index is 0.166. The van der Waals surface area contributed by atoms with Crippen LogP contribution in [-0.4, -0.2) is 33.7 Å². The summed E-state index contributed by atoms with van der Waals surface area (Å²) in [7, 11) is 0. The van der Waals surface area contributed by atoms with Gasteiger partial charge >= 0.3 is 0 Å². The largest absolute Gasteiger partial charge is 0.394 e. The zero-order chi connectivity index (χ0) is 10.6. The van der Waals surface area contributed by atoms with E-state index in [4.69, 9.17) is 0 Å². The molecule has 0 aromatic carbocycles. The topological polar surface area (TPSA) is 36.4 Å². The summed E-state index contributed by atoms with van der Waals surface area (Å²) in [5.74, 6) is 0. The van der Waals surface area contributed by atoms with Crippen LogP contribution in [0.5, 0.6) is 0 Å². The molecule has 0 radical (unpaired) electrons. The number of aliphatic hydroxyl groups is 1. The van der Waals surface area contributed by atoms with Gasteiger partial charge in [0.1, 0.15) is 5.01 Å². The quantitative estimate of drug-likeness (QED) is 0.811. The molecule has 0 aliphatic carbocycles. The Morgan fingerprint density at radius 2 is 2.29 bits per heavy atom. The number of hydrogen-bond donors (Lipinski definition) is 1. The molecule has 0 saturated heterocycles. The summed E-state index contributed by atoms with van der Waals surface area (Å²) in [4.78, 5) is 6.48. The highest BCUT2D eigenvalue weighted by molar-refractivity contribution is 7.09. The van der Waals surface area contributed by atoms with Gasteiger partial charge in [-0.1, -0.05) is 6.92 Å². The van der Waals surface area contributed by atoms with Gasteiger partial charge in [-0.3, -0.25) is 4.90 Å². The van der Waals surface area contributed by atoms with E-state index in [1.54, 1.807) is 11.3 Å². The lowest BCUT2D eigenvalue weighted by molar-refractivity contribution is 0.0551.